The fraction of sp³-hybridized carbons (Fsp3) is 0.435. The maximum Gasteiger partial charge on any atom is 0.294 e. The van der Waals surface area contributed by atoms with Crippen molar-refractivity contribution in [1.29, 1.82) is 0 Å². The lowest BCUT2D eigenvalue weighted by Crippen LogP contribution is -2.52. The molecule has 2 N–H and O–H groups in total. The van der Waals surface area contributed by atoms with Gasteiger partial charge in [-0.15, -0.1) is 0 Å². The number of nitrogens with zero attached hydrogens (tertiary/aromatic N) is 3. The third kappa shape index (κ3) is 2.83. The Bertz CT molecular complexity index is 1080. The van der Waals surface area contributed by atoms with E-state index in [0.717, 1.165) is 17.8 Å². The van der Waals surface area contributed by atoms with Crippen LogP contribution in [0, 0.1) is 17.8 Å². The topological polar surface area (TPSA) is 93.2 Å². The Morgan fingerprint density at radius 3 is 2.53 bits per heavy atom. The lowest BCUT2D eigenvalue weighted by molar-refractivity contribution is -0.0493. The number of phenolic OH excluding ortho intramolecular Hbond substituents is 1. The monoisotopic (exact) mass is 404 g/mol. The number of rotatable bonds is 4. The van der Waals surface area contributed by atoms with Gasteiger partial charge in [-0.2, -0.15) is 5.10 Å². The summed E-state index contributed by atoms with van der Waals surface area (Å²) in [6.45, 7) is 0. The van der Waals surface area contributed by atoms with Gasteiger partial charge < -0.3 is 14.9 Å². The summed E-state index contributed by atoms with van der Waals surface area (Å²) in [5.41, 5.74) is 1.73. The maximum atomic E-state index is 12.7. The van der Waals surface area contributed by atoms with Gasteiger partial charge in [0.15, 0.2) is 0 Å². The normalized spacial score (nSPS) is 29.3. The first-order valence-corrected chi connectivity index (χ1v) is 10.7. The molecule has 4 bridgehead atoms. The van der Waals surface area contributed by atoms with Crippen LogP contribution in [-0.2, 0) is 5.54 Å². The van der Waals surface area contributed by atoms with Gasteiger partial charge in [-0.3, -0.25) is 9.48 Å². The third-order valence-corrected chi connectivity index (χ3v) is 7.25. The van der Waals surface area contributed by atoms with Crippen LogP contribution in [-0.4, -0.2) is 26.0 Å². The molecule has 7 nitrogen and oxygen atoms in total. The molecule has 4 aliphatic rings. The highest BCUT2D eigenvalue weighted by Gasteiger charge is 2.52. The summed E-state index contributed by atoms with van der Waals surface area (Å²) in [5, 5.41) is 21.4. The standard InChI is InChI=1S/C23H24N4O3/c28-20-4-2-1-3-18(20)19-8-21(30-26-19)22(29)25-17-12-24-27(13-17)23-9-14-5-15(10-23)7-16(6-14)11-23/h1-4,8,12-16,28H,5-7,9-11H2,(H,25,29). The number of para-hydroxylation sites is 1. The molecule has 0 unspecified atom stereocenters. The van der Waals surface area contributed by atoms with E-state index in [0.29, 0.717) is 16.9 Å². The van der Waals surface area contributed by atoms with Crippen molar-refractivity contribution in [2.75, 3.05) is 5.32 Å². The van der Waals surface area contributed by atoms with E-state index in [1.165, 1.54) is 44.6 Å². The van der Waals surface area contributed by atoms with Crippen LogP contribution < -0.4 is 5.32 Å². The molecule has 0 aliphatic heterocycles. The molecular formula is C23H24N4O3. The molecule has 0 spiro atoms. The van der Waals surface area contributed by atoms with E-state index in [2.05, 4.69) is 20.3 Å². The average Bonchev–Trinajstić information content (AvgIpc) is 3.37. The number of carbonyl (C=O) groups excluding carboxylic acids is 1. The molecule has 154 valence electrons. The Morgan fingerprint density at radius 2 is 1.83 bits per heavy atom. The number of amides is 1. The van der Waals surface area contributed by atoms with Crippen LogP contribution in [0.5, 0.6) is 5.75 Å². The molecule has 1 amide bonds. The average molecular weight is 404 g/mol. The minimum Gasteiger partial charge on any atom is -0.507 e. The number of benzene rings is 1. The number of anilines is 1. The smallest absolute Gasteiger partial charge is 0.294 e. The first kappa shape index (κ1) is 17.7. The van der Waals surface area contributed by atoms with Crippen LogP contribution in [0.25, 0.3) is 11.3 Å². The molecule has 0 radical (unpaired) electrons. The Labute approximate surface area is 174 Å². The largest absolute Gasteiger partial charge is 0.507 e. The summed E-state index contributed by atoms with van der Waals surface area (Å²) in [7, 11) is 0. The zero-order valence-electron chi connectivity index (χ0n) is 16.6. The van der Waals surface area contributed by atoms with Crippen LogP contribution >= 0.6 is 0 Å². The molecule has 3 aromatic rings. The van der Waals surface area contributed by atoms with Crippen molar-refractivity contribution in [3.05, 3.63) is 48.5 Å². The number of carbonyl (C=O) groups is 1. The molecule has 4 saturated carbocycles. The van der Waals surface area contributed by atoms with Gasteiger partial charge in [0, 0.05) is 17.8 Å². The molecule has 2 aromatic heterocycles. The fourth-order valence-corrected chi connectivity index (χ4v) is 6.38. The molecule has 0 saturated heterocycles. The molecule has 7 rings (SSSR count). The Hall–Kier alpha value is -3.09. The van der Waals surface area contributed by atoms with E-state index < -0.39 is 0 Å². The number of aromatic nitrogens is 3. The molecule has 4 aliphatic carbocycles. The second kappa shape index (κ2) is 6.45. The number of hydrogen-bond acceptors (Lipinski definition) is 5. The van der Waals surface area contributed by atoms with Crippen molar-refractivity contribution in [2.24, 2.45) is 17.8 Å². The van der Waals surface area contributed by atoms with Gasteiger partial charge in [0.05, 0.1) is 17.4 Å². The van der Waals surface area contributed by atoms with Crippen molar-refractivity contribution in [3.8, 4) is 17.0 Å². The summed E-state index contributed by atoms with van der Waals surface area (Å²) in [5.74, 6) is 2.31. The molecule has 7 heteroatoms. The van der Waals surface area contributed by atoms with Gasteiger partial charge >= 0.3 is 0 Å². The van der Waals surface area contributed by atoms with E-state index in [-0.39, 0.29) is 23.0 Å². The van der Waals surface area contributed by atoms with Crippen LogP contribution in [0.1, 0.15) is 49.1 Å². The van der Waals surface area contributed by atoms with Gasteiger partial charge in [0.25, 0.3) is 5.91 Å². The molecule has 0 atom stereocenters. The van der Waals surface area contributed by atoms with E-state index in [9.17, 15) is 9.90 Å². The molecule has 1 aromatic carbocycles. The lowest BCUT2D eigenvalue weighted by atomic mass is 9.53. The Kier molecular flexibility index (Phi) is 3.82. The van der Waals surface area contributed by atoms with Crippen molar-refractivity contribution < 1.29 is 14.4 Å². The predicted octanol–water partition coefficient (Wildman–Crippen LogP) is 4.42. The highest BCUT2D eigenvalue weighted by Crippen LogP contribution is 2.58. The van der Waals surface area contributed by atoms with Crippen molar-refractivity contribution in [3.63, 3.8) is 0 Å². The number of aromatic hydroxyl groups is 1. The summed E-state index contributed by atoms with van der Waals surface area (Å²) in [4.78, 5) is 12.7. The highest BCUT2D eigenvalue weighted by molar-refractivity contribution is 6.02. The first-order chi connectivity index (χ1) is 14.6. The van der Waals surface area contributed by atoms with Gasteiger partial charge in [0.2, 0.25) is 5.76 Å². The van der Waals surface area contributed by atoms with Gasteiger partial charge in [-0.1, -0.05) is 17.3 Å². The second-order valence-electron chi connectivity index (χ2n) is 9.36. The third-order valence-electron chi connectivity index (χ3n) is 7.25. The van der Waals surface area contributed by atoms with Crippen LogP contribution in [0.4, 0.5) is 5.69 Å². The van der Waals surface area contributed by atoms with E-state index in [4.69, 9.17) is 4.52 Å². The second-order valence-corrected chi connectivity index (χ2v) is 9.36. The Morgan fingerprint density at radius 1 is 1.13 bits per heavy atom. The van der Waals surface area contributed by atoms with E-state index >= 15 is 0 Å². The minimum atomic E-state index is -0.380. The predicted molar refractivity (Wildman–Crippen MR) is 110 cm³/mol. The first-order valence-electron chi connectivity index (χ1n) is 10.7. The summed E-state index contributed by atoms with van der Waals surface area (Å²) >= 11 is 0. The molecule has 2 heterocycles. The highest BCUT2D eigenvalue weighted by atomic mass is 16.5. The number of nitrogens with one attached hydrogen (secondary N) is 1. The maximum absolute atomic E-state index is 12.7. The van der Waals surface area contributed by atoms with Gasteiger partial charge in [0.1, 0.15) is 11.4 Å². The van der Waals surface area contributed by atoms with E-state index in [1.54, 1.807) is 30.5 Å². The Balaban J connectivity index is 1.20. The van der Waals surface area contributed by atoms with Crippen LogP contribution in [0.15, 0.2) is 47.2 Å². The molecular weight excluding hydrogens is 380 g/mol. The summed E-state index contributed by atoms with van der Waals surface area (Å²) in [6, 6.07) is 8.36. The zero-order chi connectivity index (χ0) is 20.3. The van der Waals surface area contributed by atoms with Crippen molar-refractivity contribution in [2.45, 2.75) is 44.1 Å². The molecule has 30 heavy (non-hydrogen) atoms. The quantitative estimate of drug-likeness (QED) is 0.671. The van der Waals surface area contributed by atoms with Crippen LogP contribution in [0.2, 0.25) is 0 Å². The molecule has 4 fully saturated rings. The van der Waals surface area contributed by atoms with Gasteiger partial charge in [-0.25, -0.2) is 0 Å². The number of phenols is 1. The minimum absolute atomic E-state index is 0.0922. The SMILES string of the molecule is O=C(Nc1cnn(C23CC4CC(CC(C4)C2)C3)c1)c1cc(-c2ccccc2O)no1. The van der Waals surface area contributed by atoms with Crippen molar-refractivity contribution in [1.82, 2.24) is 14.9 Å². The number of hydrogen-bond donors (Lipinski definition) is 2. The van der Waals surface area contributed by atoms with Crippen LogP contribution in [0.3, 0.4) is 0 Å². The zero-order valence-corrected chi connectivity index (χ0v) is 16.6. The summed E-state index contributed by atoms with van der Waals surface area (Å²) in [6.07, 6.45) is 11.5. The van der Waals surface area contributed by atoms with E-state index in [1.807, 2.05) is 6.20 Å². The fourth-order valence-electron chi connectivity index (χ4n) is 6.38. The van der Waals surface area contributed by atoms with Gasteiger partial charge in [-0.05, 0) is 68.4 Å². The lowest BCUT2D eigenvalue weighted by Gasteiger charge is -2.56. The van der Waals surface area contributed by atoms with Crippen molar-refractivity contribution >= 4 is 11.6 Å². The summed E-state index contributed by atoms with van der Waals surface area (Å²) < 4.78 is 7.33.